The zero-order valence-corrected chi connectivity index (χ0v) is 14.8. The number of fused-ring (bicyclic) bond motifs is 1. The van der Waals surface area contributed by atoms with Gasteiger partial charge in [-0.1, -0.05) is 25.1 Å². The molecule has 4 nitrogen and oxygen atoms in total. The molecule has 26 heavy (non-hydrogen) atoms. The van der Waals surface area contributed by atoms with Gasteiger partial charge in [0.05, 0.1) is 5.56 Å². The van der Waals surface area contributed by atoms with Gasteiger partial charge >= 0.3 is 6.18 Å². The predicted molar refractivity (Wildman–Crippen MR) is 92.0 cm³/mol. The first-order valence-electron chi connectivity index (χ1n) is 8.82. The normalized spacial score (nSPS) is 18.3. The molecule has 1 aliphatic rings. The van der Waals surface area contributed by atoms with Crippen LogP contribution in [0.4, 0.5) is 13.2 Å². The topological polar surface area (TPSA) is 46.9 Å². The van der Waals surface area contributed by atoms with Crippen molar-refractivity contribution in [3.63, 3.8) is 0 Å². The lowest BCUT2D eigenvalue weighted by molar-refractivity contribution is -0.137. The van der Waals surface area contributed by atoms with Crippen LogP contribution in [-0.4, -0.2) is 21.5 Å². The third kappa shape index (κ3) is 3.92. The molecule has 2 heterocycles. The lowest BCUT2D eigenvalue weighted by Crippen LogP contribution is -2.32. The molecule has 0 saturated carbocycles. The number of carbonyl (C=O) groups is 1. The Morgan fingerprint density at radius 2 is 2.19 bits per heavy atom. The van der Waals surface area contributed by atoms with E-state index in [0.29, 0.717) is 30.6 Å². The van der Waals surface area contributed by atoms with E-state index in [1.807, 2.05) is 18.4 Å². The van der Waals surface area contributed by atoms with Crippen LogP contribution < -0.4 is 5.32 Å². The van der Waals surface area contributed by atoms with E-state index in [1.54, 1.807) is 12.3 Å². The molecule has 2 unspecified atom stereocenters. The molecule has 1 aliphatic heterocycles. The van der Waals surface area contributed by atoms with Gasteiger partial charge in [-0.05, 0) is 31.4 Å². The number of carbonyl (C=O) groups excluding carboxylic acids is 1. The van der Waals surface area contributed by atoms with Crippen molar-refractivity contribution < 1.29 is 18.0 Å². The Morgan fingerprint density at radius 3 is 2.88 bits per heavy atom. The van der Waals surface area contributed by atoms with Crippen molar-refractivity contribution in [3.05, 3.63) is 53.1 Å². The lowest BCUT2D eigenvalue weighted by Gasteiger charge is -2.24. The molecule has 2 aromatic rings. The predicted octanol–water partition coefficient (Wildman–Crippen LogP) is 4.16. The average Bonchev–Trinajstić information content (AvgIpc) is 3.04. The van der Waals surface area contributed by atoms with Gasteiger partial charge in [0.25, 0.3) is 5.91 Å². The summed E-state index contributed by atoms with van der Waals surface area (Å²) in [6.45, 7) is 4.45. The van der Waals surface area contributed by atoms with E-state index in [2.05, 4.69) is 10.3 Å². The fraction of sp³-hybridized carbons (Fsp3) is 0.474. The number of halogens is 3. The van der Waals surface area contributed by atoms with Crippen LogP contribution in [0.3, 0.4) is 0 Å². The molecule has 3 rings (SSSR count). The van der Waals surface area contributed by atoms with Crippen LogP contribution in [0.2, 0.25) is 0 Å². The number of hydrogen-bond donors (Lipinski definition) is 1. The number of nitrogens with one attached hydrogen (secondary N) is 1. The minimum Gasteiger partial charge on any atom is -0.348 e. The van der Waals surface area contributed by atoms with E-state index in [4.69, 9.17) is 0 Å². The van der Waals surface area contributed by atoms with Crippen molar-refractivity contribution in [3.8, 4) is 0 Å². The van der Waals surface area contributed by atoms with Gasteiger partial charge in [0.2, 0.25) is 0 Å². The maximum absolute atomic E-state index is 12.9. The molecule has 0 spiro atoms. The molecule has 0 bridgehead atoms. The number of aromatic nitrogens is 2. The van der Waals surface area contributed by atoms with Gasteiger partial charge in [-0.3, -0.25) is 4.79 Å². The SMILES string of the molecule is CCC(C)NC(=O)c1cn2c(n1)CCC(c1cccc(C(F)(F)F)c1)C2. The number of amides is 1. The van der Waals surface area contributed by atoms with Crippen LogP contribution >= 0.6 is 0 Å². The third-order valence-corrected chi connectivity index (χ3v) is 4.90. The van der Waals surface area contributed by atoms with Crippen molar-refractivity contribution in [1.29, 1.82) is 0 Å². The van der Waals surface area contributed by atoms with Gasteiger partial charge in [-0.2, -0.15) is 13.2 Å². The van der Waals surface area contributed by atoms with Gasteiger partial charge < -0.3 is 9.88 Å². The van der Waals surface area contributed by atoms with E-state index in [9.17, 15) is 18.0 Å². The van der Waals surface area contributed by atoms with Crippen LogP contribution in [0.15, 0.2) is 30.5 Å². The van der Waals surface area contributed by atoms with Gasteiger partial charge in [-0.15, -0.1) is 0 Å². The number of rotatable bonds is 4. The monoisotopic (exact) mass is 365 g/mol. The van der Waals surface area contributed by atoms with E-state index >= 15 is 0 Å². The molecule has 2 atom stereocenters. The van der Waals surface area contributed by atoms with Gasteiger partial charge in [-0.25, -0.2) is 4.98 Å². The highest BCUT2D eigenvalue weighted by molar-refractivity contribution is 5.92. The van der Waals surface area contributed by atoms with Gasteiger partial charge in [0, 0.05) is 31.1 Å². The minimum absolute atomic E-state index is 0.0236. The van der Waals surface area contributed by atoms with Crippen molar-refractivity contribution in [2.75, 3.05) is 0 Å². The van der Waals surface area contributed by atoms with Crippen molar-refractivity contribution in [1.82, 2.24) is 14.9 Å². The second kappa shape index (κ2) is 7.13. The Bertz CT molecular complexity index is 798. The lowest BCUT2D eigenvalue weighted by atomic mass is 9.90. The van der Waals surface area contributed by atoms with E-state index in [0.717, 1.165) is 18.3 Å². The number of benzene rings is 1. The standard InChI is InChI=1S/C19H22F3N3O/c1-3-12(2)23-18(26)16-11-25-10-14(7-8-17(25)24-16)13-5-4-6-15(9-13)19(20,21)22/h4-6,9,11-12,14H,3,7-8,10H2,1-2H3,(H,23,26). The molecular formula is C19H22F3N3O. The molecule has 0 saturated heterocycles. The zero-order valence-electron chi connectivity index (χ0n) is 14.8. The Labute approximate surface area is 150 Å². The summed E-state index contributed by atoms with van der Waals surface area (Å²) in [6.07, 6.45) is -0.460. The smallest absolute Gasteiger partial charge is 0.348 e. The Balaban J connectivity index is 1.77. The summed E-state index contributed by atoms with van der Waals surface area (Å²) in [6, 6.07) is 5.57. The molecule has 140 valence electrons. The average molecular weight is 365 g/mol. The highest BCUT2D eigenvalue weighted by Crippen LogP contribution is 2.34. The number of alkyl halides is 3. The molecule has 1 amide bonds. The van der Waals surface area contributed by atoms with Crippen LogP contribution in [-0.2, 0) is 19.1 Å². The summed E-state index contributed by atoms with van der Waals surface area (Å²) >= 11 is 0. The van der Waals surface area contributed by atoms with Crippen molar-refractivity contribution in [2.45, 2.75) is 57.8 Å². The first-order chi connectivity index (χ1) is 12.3. The molecule has 1 N–H and O–H groups in total. The Morgan fingerprint density at radius 1 is 1.42 bits per heavy atom. The second-order valence-corrected chi connectivity index (χ2v) is 6.84. The third-order valence-electron chi connectivity index (χ3n) is 4.90. The summed E-state index contributed by atoms with van der Waals surface area (Å²) in [7, 11) is 0. The number of aryl methyl sites for hydroxylation is 1. The van der Waals surface area contributed by atoms with Crippen LogP contribution in [0.25, 0.3) is 0 Å². The second-order valence-electron chi connectivity index (χ2n) is 6.84. The summed E-state index contributed by atoms with van der Waals surface area (Å²) in [5.41, 5.74) is 0.412. The molecule has 0 radical (unpaired) electrons. The maximum Gasteiger partial charge on any atom is 0.416 e. The minimum atomic E-state index is -4.34. The van der Waals surface area contributed by atoms with Gasteiger partial charge in [0.1, 0.15) is 11.5 Å². The van der Waals surface area contributed by atoms with E-state index < -0.39 is 11.7 Å². The Hall–Kier alpha value is -2.31. The maximum atomic E-state index is 12.9. The number of imidazole rings is 1. The summed E-state index contributed by atoms with van der Waals surface area (Å²) in [5, 5.41) is 2.88. The summed E-state index contributed by atoms with van der Waals surface area (Å²) < 4.78 is 40.7. The summed E-state index contributed by atoms with van der Waals surface area (Å²) in [5.74, 6) is 0.573. The van der Waals surface area contributed by atoms with Gasteiger partial charge in [0.15, 0.2) is 0 Å². The quantitative estimate of drug-likeness (QED) is 0.884. The van der Waals surface area contributed by atoms with Crippen LogP contribution in [0, 0.1) is 0 Å². The van der Waals surface area contributed by atoms with Crippen molar-refractivity contribution >= 4 is 5.91 Å². The molecule has 1 aromatic heterocycles. The molecule has 7 heteroatoms. The zero-order chi connectivity index (χ0) is 18.9. The fourth-order valence-electron chi connectivity index (χ4n) is 3.19. The van der Waals surface area contributed by atoms with Crippen LogP contribution in [0.1, 0.15) is 60.0 Å². The van der Waals surface area contributed by atoms with Crippen LogP contribution in [0.5, 0.6) is 0 Å². The van der Waals surface area contributed by atoms with E-state index in [-0.39, 0.29) is 17.9 Å². The molecule has 0 aliphatic carbocycles. The number of nitrogens with zero attached hydrogens (tertiary/aromatic N) is 2. The number of hydrogen-bond acceptors (Lipinski definition) is 2. The largest absolute Gasteiger partial charge is 0.416 e. The summed E-state index contributed by atoms with van der Waals surface area (Å²) in [4.78, 5) is 16.6. The molecular weight excluding hydrogens is 343 g/mol. The fourth-order valence-corrected chi connectivity index (χ4v) is 3.19. The highest BCUT2D eigenvalue weighted by Gasteiger charge is 2.31. The first kappa shape index (κ1) is 18.5. The highest BCUT2D eigenvalue weighted by atomic mass is 19.4. The Kier molecular flexibility index (Phi) is 5.07. The van der Waals surface area contributed by atoms with E-state index in [1.165, 1.54) is 12.1 Å². The van der Waals surface area contributed by atoms with Crippen molar-refractivity contribution in [2.24, 2.45) is 0 Å². The first-order valence-corrected chi connectivity index (χ1v) is 8.82. The molecule has 1 aromatic carbocycles. The molecule has 0 fully saturated rings.